The Balaban J connectivity index is 1.95. The van der Waals surface area contributed by atoms with Gasteiger partial charge >= 0.3 is 0 Å². The lowest BCUT2D eigenvalue weighted by molar-refractivity contribution is 0.0980. The monoisotopic (exact) mass is 438 g/mol. The van der Waals surface area contributed by atoms with Crippen molar-refractivity contribution >= 4 is 15.6 Å². The van der Waals surface area contributed by atoms with Gasteiger partial charge in [-0.15, -0.1) is 0 Å². The first-order chi connectivity index (χ1) is 15.0. The number of sulfone groups is 1. The van der Waals surface area contributed by atoms with Crippen molar-refractivity contribution in [2.75, 3.05) is 13.7 Å². The number of carbonyl (C=O) groups is 1. The minimum absolute atomic E-state index is 0.168. The minimum atomic E-state index is -3.79. The maximum absolute atomic E-state index is 13.5. The van der Waals surface area contributed by atoms with Gasteiger partial charge in [0.25, 0.3) is 0 Å². The zero-order valence-electron chi connectivity index (χ0n) is 17.7. The molecule has 0 aromatic heterocycles. The smallest absolute Gasteiger partial charge is 0.185 e. The van der Waals surface area contributed by atoms with Crippen molar-refractivity contribution in [1.29, 1.82) is 0 Å². The predicted molar refractivity (Wildman–Crippen MR) is 121 cm³/mol. The van der Waals surface area contributed by atoms with Crippen LogP contribution in [-0.2, 0) is 9.84 Å². The van der Waals surface area contributed by atoms with Gasteiger partial charge in [0.1, 0.15) is 11.5 Å². The van der Waals surface area contributed by atoms with Crippen molar-refractivity contribution in [1.82, 2.24) is 0 Å². The fourth-order valence-electron chi connectivity index (χ4n) is 3.24. The molecular formula is C25H26O5S. The number of Topliss-reactive ketones (excluding diaryl/α,β-unsaturated/α-hetero) is 1. The summed E-state index contributed by atoms with van der Waals surface area (Å²) in [5.41, 5.74) is 0.992. The molecular weight excluding hydrogens is 412 g/mol. The third-order valence-electron chi connectivity index (χ3n) is 4.95. The molecule has 5 nitrogen and oxygen atoms in total. The summed E-state index contributed by atoms with van der Waals surface area (Å²) >= 11 is 0. The molecule has 0 N–H and O–H groups in total. The van der Waals surface area contributed by atoms with Gasteiger partial charge in [-0.3, -0.25) is 4.79 Å². The van der Waals surface area contributed by atoms with Crippen LogP contribution in [0.1, 0.15) is 40.9 Å². The average molecular weight is 439 g/mol. The van der Waals surface area contributed by atoms with Gasteiger partial charge in [-0.05, 0) is 60.5 Å². The molecule has 0 saturated heterocycles. The molecule has 1 unspecified atom stereocenters. The Morgan fingerprint density at radius 3 is 2.06 bits per heavy atom. The molecule has 0 amide bonds. The van der Waals surface area contributed by atoms with Gasteiger partial charge in [-0.2, -0.15) is 0 Å². The highest BCUT2D eigenvalue weighted by molar-refractivity contribution is 7.91. The topological polar surface area (TPSA) is 69.7 Å². The van der Waals surface area contributed by atoms with Gasteiger partial charge < -0.3 is 9.47 Å². The van der Waals surface area contributed by atoms with Crippen LogP contribution in [-0.4, -0.2) is 27.9 Å². The van der Waals surface area contributed by atoms with Crippen molar-refractivity contribution in [2.24, 2.45) is 0 Å². The molecule has 3 aromatic carbocycles. The Labute approximate surface area is 183 Å². The van der Waals surface area contributed by atoms with E-state index >= 15 is 0 Å². The predicted octanol–water partition coefficient (Wildman–Crippen LogP) is 5.27. The summed E-state index contributed by atoms with van der Waals surface area (Å²) in [6, 6.07) is 21.8. The van der Waals surface area contributed by atoms with E-state index in [0.29, 0.717) is 29.2 Å². The third kappa shape index (κ3) is 5.52. The number of ether oxygens (including phenoxy) is 2. The van der Waals surface area contributed by atoms with Gasteiger partial charge in [-0.25, -0.2) is 8.42 Å². The lowest BCUT2D eigenvalue weighted by atomic mass is 10.0. The molecule has 0 fully saturated rings. The van der Waals surface area contributed by atoms with E-state index in [9.17, 15) is 13.2 Å². The maximum Gasteiger partial charge on any atom is 0.185 e. The van der Waals surface area contributed by atoms with Crippen LogP contribution < -0.4 is 9.47 Å². The van der Waals surface area contributed by atoms with Crippen molar-refractivity contribution in [2.45, 2.75) is 29.9 Å². The summed E-state index contributed by atoms with van der Waals surface area (Å²) in [6.07, 6.45) is 0.710. The summed E-state index contributed by atoms with van der Waals surface area (Å²) in [5, 5.41) is -1.01. The number of carbonyl (C=O) groups excluding carboxylic acids is 1. The number of rotatable bonds is 10. The second kappa shape index (κ2) is 10.3. The molecule has 1 atom stereocenters. The Kier molecular flexibility index (Phi) is 7.47. The fourth-order valence-corrected chi connectivity index (χ4v) is 4.99. The van der Waals surface area contributed by atoms with Crippen LogP contribution in [0.2, 0.25) is 0 Å². The first-order valence-corrected chi connectivity index (χ1v) is 11.7. The lowest BCUT2D eigenvalue weighted by Crippen LogP contribution is -2.18. The Morgan fingerprint density at radius 2 is 1.48 bits per heavy atom. The lowest BCUT2D eigenvalue weighted by Gasteiger charge is -2.18. The highest BCUT2D eigenvalue weighted by atomic mass is 32.2. The summed E-state index contributed by atoms with van der Waals surface area (Å²) in [4.78, 5) is 13.2. The zero-order valence-corrected chi connectivity index (χ0v) is 18.5. The average Bonchev–Trinajstić information content (AvgIpc) is 2.82. The van der Waals surface area contributed by atoms with Crippen LogP contribution in [0.15, 0.2) is 83.8 Å². The highest BCUT2D eigenvalue weighted by Crippen LogP contribution is 2.34. The van der Waals surface area contributed by atoms with Crippen molar-refractivity contribution < 1.29 is 22.7 Å². The van der Waals surface area contributed by atoms with Gasteiger partial charge in [0.05, 0.1) is 23.9 Å². The van der Waals surface area contributed by atoms with Crippen LogP contribution in [0, 0.1) is 0 Å². The maximum atomic E-state index is 13.5. The largest absolute Gasteiger partial charge is 0.497 e. The number of hydrogen-bond acceptors (Lipinski definition) is 5. The normalized spacial score (nSPS) is 12.2. The summed E-state index contributed by atoms with van der Waals surface area (Å²) in [6.45, 7) is 2.60. The van der Waals surface area contributed by atoms with E-state index < -0.39 is 15.1 Å². The fraction of sp³-hybridized carbons (Fsp3) is 0.240. The van der Waals surface area contributed by atoms with E-state index in [1.54, 1.807) is 86.0 Å². The molecule has 0 bridgehead atoms. The first-order valence-electron chi connectivity index (χ1n) is 10.1. The Hall–Kier alpha value is -3.12. The highest BCUT2D eigenvalue weighted by Gasteiger charge is 2.31. The van der Waals surface area contributed by atoms with Crippen LogP contribution in [0.5, 0.6) is 11.5 Å². The Morgan fingerprint density at radius 1 is 0.871 bits per heavy atom. The van der Waals surface area contributed by atoms with E-state index in [-0.39, 0.29) is 17.1 Å². The summed E-state index contributed by atoms with van der Waals surface area (Å²) in [7, 11) is -2.24. The van der Waals surface area contributed by atoms with Crippen LogP contribution in [0.3, 0.4) is 0 Å². The second-order valence-electron chi connectivity index (χ2n) is 7.12. The molecule has 3 rings (SSSR count). The molecule has 3 aromatic rings. The van der Waals surface area contributed by atoms with E-state index in [1.807, 2.05) is 6.92 Å². The number of benzene rings is 3. The van der Waals surface area contributed by atoms with E-state index in [1.165, 1.54) is 0 Å². The summed E-state index contributed by atoms with van der Waals surface area (Å²) in [5.74, 6) is 1.05. The van der Waals surface area contributed by atoms with Crippen molar-refractivity contribution in [3.63, 3.8) is 0 Å². The number of ketones is 1. The first kappa shape index (κ1) is 22.6. The van der Waals surface area contributed by atoms with Gasteiger partial charge in [-0.1, -0.05) is 37.3 Å². The van der Waals surface area contributed by atoms with E-state index in [0.717, 1.165) is 6.42 Å². The van der Waals surface area contributed by atoms with Gasteiger partial charge in [0.15, 0.2) is 15.6 Å². The van der Waals surface area contributed by atoms with Crippen LogP contribution in [0.4, 0.5) is 0 Å². The van der Waals surface area contributed by atoms with E-state index in [4.69, 9.17) is 9.47 Å². The van der Waals surface area contributed by atoms with Crippen LogP contribution >= 0.6 is 0 Å². The Bertz CT molecular complexity index is 1090. The van der Waals surface area contributed by atoms with Crippen molar-refractivity contribution in [3.05, 3.63) is 90.0 Å². The van der Waals surface area contributed by atoms with E-state index in [2.05, 4.69) is 0 Å². The quantitative estimate of drug-likeness (QED) is 0.403. The number of hydrogen-bond donors (Lipinski definition) is 0. The standard InChI is InChI=1S/C25H26O5S/c1-3-17-30-22-15-11-20(12-16-22)25(31(27,28)23-7-5-4-6-8-23)18-24(26)19-9-13-21(29-2)14-10-19/h4-16,25H,3,17-18H2,1-2H3. The third-order valence-corrected chi connectivity index (χ3v) is 7.07. The molecule has 6 heteroatoms. The molecule has 31 heavy (non-hydrogen) atoms. The number of methoxy groups -OCH3 is 1. The second-order valence-corrected chi connectivity index (χ2v) is 9.25. The molecule has 0 aliphatic heterocycles. The molecule has 0 aliphatic rings. The molecule has 0 spiro atoms. The molecule has 162 valence electrons. The van der Waals surface area contributed by atoms with Crippen molar-refractivity contribution in [3.8, 4) is 11.5 Å². The molecule has 0 heterocycles. The summed E-state index contributed by atoms with van der Waals surface area (Å²) < 4.78 is 37.6. The molecule has 0 saturated carbocycles. The molecule has 0 aliphatic carbocycles. The van der Waals surface area contributed by atoms with Gasteiger partial charge in [0.2, 0.25) is 0 Å². The molecule has 0 radical (unpaired) electrons. The van der Waals surface area contributed by atoms with Crippen LogP contribution in [0.25, 0.3) is 0 Å². The SMILES string of the molecule is CCCOc1ccc(C(CC(=O)c2ccc(OC)cc2)S(=O)(=O)c2ccccc2)cc1. The minimum Gasteiger partial charge on any atom is -0.497 e. The zero-order chi connectivity index (χ0) is 22.3. The van der Waals surface area contributed by atoms with Gasteiger partial charge in [0, 0.05) is 12.0 Å².